The molecule has 2 N–H and O–H groups in total. The number of H-pyrrole nitrogens is 1. The maximum atomic E-state index is 12.7. The lowest BCUT2D eigenvalue weighted by atomic mass is 10.2. The summed E-state index contributed by atoms with van der Waals surface area (Å²) in [5.74, 6) is -1.56. The molecule has 1 heterocycles. The molecule has 1 aromatic heterocycles. The van der Waals surface area contributed by atoms with Crippen LogP contribution in [0.1, 0.15) is 21.7 Å². The smallest absolute Gasteiger partial charge is 0.419 e. The van der Waals surface area contributed by atoms with Crippen molar-refractivity contribution in [1.29, 1.82) is 0 Å². The lowest BCUT2D eigenvalue weighted by molar-refractivity contribution is -0.139. The number of halogens is 3. The van der Waals surface area contributed by atoms with Gasteiger partial charge in [0, 0.05) is 0 Å². The van der Waals surface area contributed by atoms with E-state index >= 15 is 0 Å². The van der Waals surface area contributed by atoms with E-state index in [1.807, 2.05) is 0 Å². The summed E-state index contributed by atoms with van der Waals surface area (Å²) in [5.41, 5.74) is -0.856. The molecule has 0 aliphatic heterocycles. The van der Waals surface area contributed by atoms with Crippen LogP contribution in [-0.4, -0.2) is 21.3 Å². The van der Waals surface area contributed by atoms with Gasteiger partial charge < -0.3 is 9.84 Å². The minimum Gasteiger partial charge on any atom is -0.487 e. The molecule has 0 saturated carbocycles. The van der Waals surface area contributed by atoms with Crippen LogP contribution in [0.15, 0.2) is 30.3 Å². The number of aromatic amines is 1. The molecule has 20 heavy (non-hydrogen) atoms. The fourth-order valence-corrected chi connectivity index (χ4v) is 1.53. The van der Waals surface area contributed by atoms with E-state index in [1.54, 1.807) is 0 Å². The molecule has 0 aliphatic carbocycles. The Balaban J connectivity index is 2.13. The van der Waals surface area contributed by atoms with Crippen molar-refractivity contribution in [3.05, 3.63) is 47.3 Å². The van der Waals surface area contributed by atoms with Gasteiger partial charge in [-0.15, -0.1) is 0 Å². The normalized spacial score (nSPS) is 11.3. The van der Waals surface area contributed by atoms with Crippen LogP contribution < -0.4 is 4.74 Å². The molecule has 0 aliphatic rings. The van der Waals surface area contributed by atoms with Gasteiger partial charge in [0.25, 0.3) is 0 Å². The van der Waals surface area contributed by atoms with Crippen LogP contribution in [-0.2, 0) is 12.8 Å². The van der Waals surface area contributed by atoms with Gasteiger partial charge in [-0.1, -0.05) is 12.1 Å². The number of hydrogen-bond acceptors (Lipinski definition) is 3. The van der Waals surface area contributed by atoms with E-state index in [-0.39, 0.29) is 23.7 Å². The van der Waals surface area contributed by atoms with E-state index in [9.17, 15) is 18.0 Å². The van der Waals surface area contributed by atoms with Crippen molar-refractivity contribution in [2.45, 2.75) is 12.8 Å². The highest BCUT2D eigenvalue weighted by molar-refractivity contribution is 5.85. The number of carbonyl (C=O) groups is 1. The zero-order valence-electron chi connectivity index (χ0n) is 9.94. The Morgan fingerprint density at radius 1 is 1.35 bits per heavy atom. The first kappa shape index (κ1) is 13.9. The summed E-state index contributed by atoms with van der Waals surface area (Å²) in [6.45, 7) is -0.243. The first-order valence-corrected chi connectivity index (χ1v) is 5.44. The number of carboxylic acids is 1. The molecular formula is C12H9F3N2O3. The molecule has 0 unspecified atom stereocenters. The number of benzene rings is 1. The summed E-state index contributed by atoms with van der Waals surface area (Å²) in [5, 5.41) is 14.5. The molecule has 0 spiro atoms. The number of nitrogens with one attached hydrogen (secondary N) is 1. The van der Waals surface area contributed by atoms with Crippen molar-refractivity contribution >= 4 is 5.97 Å². The van der Waals surface area contributed by atoms with Crippen molar-refractivity contribution in [2.75, 3.05) is 0 Å². The maximum Gasteiger partial charge on any atom is 0.419 e. The zero-order valence-corrected chi connectivity index (χ0v) is 9.94. The largest absolute Gasteiger partial charge is 0.487 e. The Bertz CT molecular complexity index is 622. The number of rotatable bonds is 4. The van der Waals surface area contributed by atoms with Crippen molar-refractivity contribution < 1.29 is 27.8 Å². The average Bonchev–Trinajstić information content (AvgIpc) is 2.84. The summed E-state index contributed by atoms with van der Waals surface area (Å²) in [4.78, 5) is 10.6. The van der Waals surface area contributed by atoms with Crippen molar-refractivity contribution in [3.63, 3.8) is 0 Å². The lowest BCUT2D eigenvalue weighted by Crippen LogP contribution is -2.08. The van der Waals surface area contributed by atoms with Gasteiger partial charge in [-0.25, -0.2) is 4.79 Å². The van der Waals surface area contributed by atoms with E-state index in [0.717, 1.165) is 6.07 Å². The minimum atomic E-state index is -4.52. The molecule has 2 rings (SSSR count). The van der Waals surface area contributed by atoms with Gasteiger partial charge in [-0.2, -0.15) is 18.3 Å². The number of alkyl halides is 3. The molecule has 0 atom stereocenters. The van der Waals surface area contributed by atoms with Gasteiger partial charge in [0.2, 0.25) is 0 Å². The Morgan fingerprint density at radius 2 is 2.05 bits per heavy atom. The number of aromatic nitrogens is 2. The zero-order chi connectivity index (χ0) is 14.8. The Morgan fingerprint density at radius 3 is 2.65 bits per heavy atom. The summed E-state index contributed by atoms with van der Waals surface area (Å²) >= 11 is 0. The van der Waals surface area contributed by atoms with Crippen molar-refractivity contribution in [3.8, 4) is 5.75 Å². The second kappa shape index (κ2) is 5.24. The molecule has 0 saturated heterocycles. The van der Waals surface area contributed by atoms with Gasteiger partial charge in [0.1, 0.15) is 12.4 Å². The SMILES string of the molecule is O=C(O)c1cc(COc2ccccc2C(F)(F)F)[nH]n1. The Hall–Kier alpha value is -2.51. The van der Waals surface area contributed by atoms with Crippen LogP contribution in [0.2, 0.25) is 0 Å². The van der Waals surface area contributed by atoms with E-state index in [4.69, 9.17) is 9.84 Å². The predicted octanol–water partition coefficient (Wildman–Crippen LogP) is 2.71. The highest BCUT2D eigenvalue weighted by Crippen LogP contribution is 2.36. The number of hydrogen-bond donors (Lipinski definition) is 2. The molecule has 1 aromatic carbocycles. The number of para-hydroxylation sites is 1. The van der Waals surface area contributed by atoms with E-state index in [1.165, 1.54) is 24.3 Å². The summed E-state index contributed by atoms with van der Waals surface area (Å²) in [6, 6.07) is 5.97. The summed E-state index contributed by atoms with van der Waals surface area (Å²) in [7, 11) is 0. The molecule has 0 bridgehead atoms. The lowest BCUT2D eigenvalue weighted by Gasteiger charge is -2.12. The third-order valence-electron chi connectivity index (χ3n) is 2.43. The van der Waals surface area contributed by atoms with Crippen LogP contribution in [0.5, 0.6) is 5.75 Å². The van der Waals surface area contributed by atoms with Gasteiger partial charge in [0.05, 0.1) is 11.3 Å². The molecule has 0 amide bonds. The van der Waals surface area contributed by atoms with Crippen molar-refractivity contribution in [1.82, 2.24) is 10.2 Å². The fraction of sp³-hybridized carbons (Fsp3) is 0.167. The molecular weight excluding hydrogens is 277 g/mol. The van der Waals surface area contributed by atoms with Crippen LogP contribution in [0.25, 0.3) is 0 Å². The molecule has 106 valence electrons. The summed E-state index contributed by atoms with van der Waals surface area (Å²) < 4.78 is 43.2. The summed E-state index contributed by atoms with van der Waals surface area (Å²) in [6.07, 6.45) is -4.52. The predicted molar refractivity (Wildman–Crippen MR) is 61.3 cm³/mol. The third kappa shape index (κ3) is 3.08. The molecule has 8 heteroatoms. The topological polar surface area (TPSA) is 75.2 Å². The van der Waals surface area contributed by atoms with Crippen LogP contribution in [0, 0.1) is 0 Å². The second-order valence-corrected chi connectivity index (χ2v) is 3.87. The van der Waals surface area contributed by atoms with Crippen LogP contribution in [0.4, 0.5) is 13.2 Å². The highest BCUT2D eigenvalue weighted by atomic mass is 19.4. The first-order chi connectivity index (χ1) is 9.38. The monoisotopic (exact) mass is 286 g/mol. The van der Waals surface area contributed by atoms with Gasteiger partial charge >= 0.3 is 12.1 Å². The standard InChI is InChI=1S/C12H9F3N2O3/c13-12(14,15)8-3-1-2-4-10(8)20-6-7-5-9(11(18)19)17-16-7/h1-5H,6H2,(H,16,17)(H,18,19). The fourth-order valence-electron chi connectivity index (χ4n) is 1.53. The number of ether oxygens (including phenoxy) is 1. The van der Waals surface area contributed by atoms with Crippen LogP contribution in [0.3, 0.4) is 0 Å². The van der Waals surface area contributed by atoms with Gasteiger partial charge in [0.15, 0.2) is 5.69 Å². The number of carboxylic acid groups (broad SMARTS) is 1. The Labute approximate surface area is 111 Å². The van der Waals surface area contributed by atoms with E-state index in [0.29, 0.717) is 0 Å². The molecule has 2 aromatic rings. The molecule has 0 radical (unpaired) electrons. The van der Waals surface area contributed by atoms with Gasteiger partial charge in [-0.3, -0.25) is 5.10 Å². The second-order valence-electron chi connectivity index (χ2n) is 3.87. The first-order valence-electron chi connectivity index (χ1n) is 5.44. The number of nitrogens with zero attached hydrogens (tertiary/aromatic N) is 1. The third-order valence-corrected chi connectivity index (χ3v) is 2.43. The highest BCUT2D eigenvalue weighted by Gasteiger charge is 2.34. The van der Waals surface area contributed by atoms with E-state index in [2.05, 4.69) is 10.2 Å². The molecule has 5 nitrogen and oxygen atoms in total. The maximum absolute atomic E-state index is 12.7. The Kier molecular flexibility index (Phi) is 3.64. The van der Waals surface area contributed by atoms with Crippen LogP contribution >= 0.6 is 0 Å². The van der Waals surface area contributed by atoms with Gasteiger partial charge in [-0.05, 0) is 18.2 Å². The quantitative estimate of drug-likeness (QED) is 0.906. The van der Waals surface area contributed by atoms with Crippen molar-refractivity contribution in [2.24, 2.45) is 0 Å². The minimum absolute atomic E-state index is 0.229. The molecule has 0 fully saturated rings. The van der Waals surface area contributed by atoms with E-state index < -0.39 is 17.7 Å². The number of aromatic carboxylic acids is 1. The average molecular weight is 286 g/mol.